The smallest absolute Gasteiger partial charge is 0.269 e. The molecule has 3 rings (SSSR count). The van der Waals surface area contributed by atoms with E-state index in [-0.39, 0.29) is 11.6 Å². The number of rotatable bonds is 6. The number of nitro groups is 1. The van der Waals surface area contributed by atoms with Gasteiger partial charge in [-0.25, -0.2) is 0 Å². The van der Waals surface area contributed by atoms with Crippen LogP contribution in [0.25, 0.3) is 0 Å². The number of hydrogen-bond donors (Lipinski definition) is 1. The van der Waals surface area contributed by atoms with Gasteiger partial charge in [-0.05, 0) is 31.2 Å². The van der Waals surface area contributed by atoms with E-state index in [0.717, 1.165) is 4.90 Å². The third kappa shape index (κ3) is 4.25. The topological polar surface area (TPSA) is 111 Å². The predicted octanol–water partition coefficient (Wildman–Crippen LogP) is 3.83. The summed E-state index contributed by atoms with van der Waals surface area (Å²) in [5.41, 5.74) is 0.939. The molecule has 0 radical (unpaired) electrons. The maximum Gasteiger partial charge on any atom is 0.269 e. The van der Waals surface area contributed by atoms with E-state index in [0.29, 0.717) is 28.7 Å². The van der Waals surface area contributed by atoms with Gasteiger partial charge < -0.3 is 9.84 Å². The number of non-ortho nitro benzene ring substituents is 1. The Morgan fingerprint density at radius 1 is 1.23 bits per heavy atom. The highest BCUT2D eigenvalue weighted by Crippen LogP contribution is 2.26. The van der Waals surface area contributed by atoms with Crippen molar-refractivity contribution < 1.29 is 14.2 Å². The van der Waals surface area contributed by atoms with Crippen LogP contribution in [0.2, 0.25) is 0 Å². The second kappa shape index (κ2) is 7.79. The molecule has 26 heavy (non-hydrogen) atoms. The van der Waals surface area contributed by atoms with Crippen molar-refractivity contribution in [1.82, 2.24) is 10.1 Å². The van der Waals surface area contributed by atoms with Crippen LogP contribution in [-0.4, -0.2) is 21.0 Å². The minimum absolute atomic E-state index is 0.0335. The lowest BCUT2D eigenvalue weighted by Crippen LogP contribution is -2.13. The Hall–Kier alpha value is -3.20. The Bertz CT molecular complexity index is 940. The highest BCUT2D eigenvalue weighted by Gasteiger charge is 2.14. The summed E-state index contributed by atoms with van der Waals surface area (Å²) in [5, 5.41) is 17.2. The third-order valence-electron chi connectivity index (χ3n) is 3.39. The first kappa shape index (κ1) is 17.6. The minimum Gasteiger partial charge on any atom is -0.338 e. The lowest BCUT2D eigenvalue weighted by molar-refractivity contribution is -0.384. The standard InChI is InChI=1S/C17H14N4O4S/c1-11-18-16(25-20-11)10-26-15-5-3-2-4-14(15)17(22)19-12-6-8-13(9-7-12)21(23)24/h2-9H,10H2,1H3,(H,19,22). The second-order valence-corrected chi connectivity index (χ2v) is 6.30. The van der Waals surface area contributed by atoms with E-state index in [4.69, 9.17) is 4.52 Å². The number of carbonyl (C=O) groups excluding carboxylic acids is 1. The Balaban J connectivity index is 1.71. The van der Waals surface area contributed by atoms with Gasteiger partial charge in [0.05, 0.1) is 16.2 Å². The number of aromatic nitrogens is 2. The molecular weight excluding hydrogens is 356 g/mol. The van der Waals surface area contributed by atoms with Crippen LogP contribution >= 0.6 is 11.8 Å². The fraction of sp³-hybridized carbons (Fsp3) is 0.118. The molecular formula is C17H14N4O4S. The molecule has 0 spiro atoms. The van der Waals surface area contributed by atoms with Gasteiger partial charge in [0, 0.05) is 22.7 Å². The number of anilines is 1. The lowest BCUT2D eigenvalue weighted by atomic mass is 10.2. The van der Waals surface area contributed by atoms with Crippen LogP contribution in [0.4, 0.5) is 11.4 Å². The number of benzene rings is 2. The molecule has 132 valence electrons. The van der Waals surface area contributed by atoms with Gasteiger partial charge in [0.1, 0.15) is 0 Å². The van der Waals surface area contributed by atoms with Crippen LogP contribution in [0, 0.1) is 17.0 Å². The Labute approximate surface area is 152 Å². The number of hydrogen-bond acceptors (Lipinski definition) is 7. The van der Waals surface area contributed by atoms with E-state index in [1.165, 1.54) is 36.0 Å². The molecule has 8 nitrogen and oxygen atoms in total. The van der Waals surface area contributed by atoms with Crippen LogP contribution in [0.5, 0.6) is 0 Å². The normalized spacial score (nSPS) is 10.5. The molecule has 9 heteroatoms. The van der Waals surface area contributed by atoms with E-state index in [2.05, 4.69) is 15.5 Å². The van der Waals surface area contributed by atoms with E-state index < -0.39 is 4.92 Å². The predicted molar refractivity (Wildman–Crippen MR) is 96.1 cm³/mol. The number of nitrogens with one attached hydrogen (secondary N) is 1. The van der Waals surface area contributed by atoms with Crippen LogP contribution in [0.1, 0.15) is 22.1 Å². The van der Waals surface area contributed by atoms with Crippen molar-refractivity contribution in [3.05, 3.63) is 75.9 Å². The second-order valence-electron chi connectivity index (χ2n) is 5.28. The molecule has 0 aliphatic rings. The van der Waals surface area contributed by atoms with Gasteiger partial charge in [-0.3, -0.25) is 14.9 Å². The first-order valence-corrected chi connectivity index (χ1v) is 8.58. The molecule has 2 aromatic carbocycles. The molecule has 0 fully saturated rings. The number of amides is 1. The molecule has 0 unspecified atom stereocenters. The van der Waals surface area contributed by atoms with Gasteiger partial charge in [-0.1, -0.05) is 17.3 Å². The molecule has 1 heterocycles. The quantitative estimate of drug-likeness (QED) is 0.399. The molecule has 0 saturated heterocycles. The van der Waals surface area contributed by atoms with Gasteiger partial charge in [0.25, 0.3) is 11.6 Å². The van der Waals surface area contributed by atoms with Crippen molar-refractivity contribution in [1.29, 1.82) is 0 Å². The van der Waals surface area contributed by atoms with Crippen molar-refractivity contribution in [2.45, 2.75) is 17.6 Å². The maximum atomic E-state index is 12.6. The van der Waals surface area contributed by atoms with E-state index >= 15 is 0 Å². The largest absolute Gasteiger partial charge is 0.338 e. The zero-order chi connectivity index (χ0) is 18.5. The molecule has 0 atom stereocenters. The summed E-state index contributed by atoms with van der Waals surface area (Å²) in [6, 6.07) is 12.8. The zero-order valence-corrected chi connectivity index (χ0v) is 14.5. The highest BCUT2D eigenvalue weighted by molar-refractivity contribution is 7.98. The summed E-state index contributed by atoms with van der Waals surface area (Å²) in [6.07, 6.45) is 0. The number of nitrogens with zero attached hydrogens (tertiary/aromatic N) is 3. The molecule has 1 N–H and O–H groups in total. The maximum absolute atomic E-state index is 12.6. The van der Waals surface area contributed by atoms with Crippen LogP contribution in [-0.2, 0) is 5.75 Å². The van der Waals surface area contributed by atoms with Crippen LogP contribution in [0.15, 0.2) is 57.9 Å². The zero-order valence-electron chi connectivity index (χ0n) is 13.7. The third-order valence-corrected chi connectivity index (χ3v) is 4.45. The molecule has 1 aromatic heterocycles. The van der Waals surface area contributed by atoms with Gasteiger partial charge in [0.2, 0.25) is 5.89 Å². The molecule has 3 aromatic rings. The SMILES string of the molecule is Cc1noc(CSc2ccccc2C(=O)Nc2ccc([N+](=O)[O-])cc2)n1. The average Bonchev–Trinajstić information content (AvgIpc) is 3.06. The molecule has 0 aliphatic carbocycles. The van der Waals surface area contributed by atoms with Crippen LogP contribution in [0.3, 0.4) is 0 Å². The number of thioether (sulfide) groups is 1. The Morgan fingerprint density at radius 3 is 2.62 bits per heavy atom. The first-order chi connectivity index (χ1) is 12.5. The van der Waals surface area contributed by atoms with E-state index in [1.54, 1.807) is 19.1 Å². The van der Waals surface area contributed by atoms with Crippen molar-refractivity contribution in [2.75, 3.05) is 5.32 Å². The summed E-state index contributed by atoms with van der Waals surface area (Å²) in [5.74, 6) is 1.19. The minimum atomic E-state index is -0.489. The van der Waals surface area contributed by atoms with Crippen molar-refractivity contribution in [2.24, 2.45) is 0 Å². The summed E-state index contributed by atoms with van der Waals surface area (Å²) in [7, 11) is 0. The molecule has 1 amide bonds. The Kier molecular flexibility index (Phi) is 5.28. The van der Waals surface area contributed by atoms with Crippen molar-refractivity contribution in [3.8, 4) is 0 Å². The van der Waals surface area contributed by atoms with Gasteiger partial charge in [-0.15, -0.1) is 11.8 Å². The summed E-state index contributed by atoms with van der Waals surface area (Å²) in [6.45, 7) is 1.74. The molecule has 0 saturated carbocycles. The van der Waals surface area contributed by atoms with Gasteiger partial charge in [0.15, 0.2) is 5.82 Å². The fourth-order valence-corrected chi connectivity index (χ4v) is 3.07. The lowest BCUT2D eigenvalue weighted by Gasteiger charge is -2.09. The number of carbonyl (C=O) groups is 1. The van der Waals surface area contributed by atoms with Crippen molar-refractivity contribution >= 4 is 29.0 Å². The van der Waals surface area contributed by atoms with Crippen LogP contribution < -0.4 is 5.32 Å². The molecule has 0 aliphatic heterocycles. The Morgan fingerprint density at radius 2 is 1.96 bits per heavy atom. The first-order valence-electron chi connectivity index (χ1n) is 7.60. The summed E-state index contributed by atoms with van der Waals surface area (Å²) < 4.78 is 5.07. The van der Waals surface area contributed by atoms with E-state index in [1.807, 2.05) is 12.1 Å². The monoisotopic (exact) mass is 370 g/mol. The van der Waals surface area contributed by atoms with Gasteiger partial charge in [-0.2, -0.15) is 4.98 Å². The van der Waals surface area contributed by atoms with Gasteiger partial charge >= 0.3 is 0 Å². The summed E-state index contributed by atoms with van der Waals surface area (Å²) >= 11 is 1.41. The van der Waals surface area contributed by atoms with E-state index in [9.17, 15) is 14.9 Å². The highest BCUT2D eigenvalue weighted by atomic mass is 32.2. The summed E-state index contributed by atoms with van der Waals surface area (Å²) in [4.78, 5) is 27.7. The number of aryl methyl sites for hydroxylation is 1. The average molecular weight is 370 g/mol. The fourth-order valence-electron chi connectivity index (χ4n) is 2.18. The van der Waals surface area contributed by atoms with Crippen molar-refractivity contribution in [3.63, 3.8) is 0 Å². The number of nitro benzene ring substituents is 1. The molecule has 0 bridgehead atoms.